The van der Waals surface area contributed by atoms with E-state index in [0.29, 0.717) is 23.6 Å². The molecule has 0 saturated carbocycles. The van der Waals surface area contributed by atoms with Crippen LogP contribution in [0.1, 0.15) is 33.9 Å². The Hall–Kier alpha value is -1.58. The molecule has 2 rings (SSSR count). The number of nitrogens with one attached hydrogen (secondary N) is 1. The van der Waals surface area contributed by atoms with E-state index in [-0.39, 0.29) is 69.4 Å². The van der Waals surface area contributed by atoms with Crippen LogP contribution < -0.4 is 57.1 Å². The Morgan fingerprint density at radius 3 is 1.67 bits per heavy atom. The second-order valence-electron chi connectivity index (χ2n) is 5.16. The van der Waals surface area contributed by atoms with Gasteiger partial charge in [-0.15, -0.1) is 6.54 Å². The smallest absolute Gasteiger partial charge is 0.672 e. The zero-order valence-corrected chi connectivity index (χ0v) is 18.7. The van der Waals surface area contributed by atoms with Gasteiger partial charge in [-0.25, -0.2) is 4.98 Å². The number of nitrogens with zero attached hydrogens (tertiary/aromatic N) is 2. The van der Waals surface area contributed by atoms with Gasteiger partial charge < -0.3 is 21.7 Å². The van der Waals surface area contributed by atoms with Gasteiger partial charge in [0.15, 0.2) is 0 Å². The summed E-state index contributed by atoms with van der Waals surface area (Å²) in [5.41, 5.74) is 16.2. The standard InChI is InChI=1S/C10H12N2O.C10H11N2O.K/c2*1-3-8-4-5-9(6-11)12-10(8)7(2)13;/h3-5,13H,1-2,6,11H2;3-5,11,13H,1-2,6H2;/q;-1;+1. The van der Waals surface area contributed by atoms with Gasteiger partial charge in [0.1, 0.15) is 22.9 Å². The molecule has 5 N–H and O–H groups in total. The number of aliphatic hydroxyl groups is 2. The van der Waals surface area contributed by atoms with Crippen molar-refractivity contribution in [2.45, 2.75) is 13.1 Å². The van der Waals surface area contributed by atoms with E-state index in [4.69, 9.17) is 11.5 Å². The maximum atomic E-state index is 9.21. The Bertz CT molecular complexity index is 765. The second kappa shape index (κ2) is 12.7. The molecule has 2 aromatic rings. The summed E-state index contributed by atoms with van der Waals surface area (Å²) < 4.78 is 0. The van der Waals surface area contributed by atoms with E-state index >= 15 is 0 Å². The average molecular weight is 391 g/mol. The summed E-state index contributed by atoms with van der Waals surface area (Å²) in [7, 11) is 0. The van der Waals surface area contributed by atoms with Gasteiger partial charge in [0.2, 0.25) is 0 Å². The van der Waals surface area contributed by atoms with Crippen LogP contribution in [0.2, 0.25) is 0 Å². The molecule has 7 heteroatoms. The minimum absolute atomic E-state index is 0. The van der Waals surface area contributed by atoms with Gasteiger partial charge in [0, 0.05) is 23.4 Å². The first kappa shape index (κ1) is 25.4. The van der Waals surface area contributed by atoms with Crippen molar-refractivity contribution in [2.24, 2.45) is 5.73 Å². The largest absolute Gasteiger partial charge is 1.00 e. The fraction of sp³-hybridized carbons (Fsp3) is 0.100. The third kappa shape index (κ3) is 7.51. The molecule has 136 valence electrons. The molecule has 0 aliphatic carbocycles. The predicted molar refractivity (Wildman–Crippen MR) is 108 cm³/mol. The molecule has 2 aromatic heterocycles. The van der Waals surface area contributed by atoms with Crippen molar-refractivity contribution in [2.75, 3.05) is 0 Å². The number of nitrogens with two attached hydrogens (primary N) is 1. The normalized spacial score (nSPS) is 9.26. The molecule has 0 fully saturated rings. The van der Waals surface area contributed by atoms with Crippen LogP contribution in [0.3, 0.4) is 0 Å². The molecule has 0 aliphatic rings. The number of aromatic nitrogens is 2. The van der Waals surface area contributed by atoms with Crippen molar-refractivity contribution in [3.8, 4) is 0 Å². The van der Waals surface area contributed by atoms with E-state index in [2.05, 4.69) is 36.3 Å². The summed E-state index contributed by atoms with van der Waals surface area (Å²) in [6.07, 6.45) is 3.21. The van der Waals surface area contributed by atoms with Crippen molar-refractivity contribution in [3.05, 3.63) is 90.2 Å². The van der Waals surface area contributed by atoms with Gasteiger partial charge in [-0.2, -0.15) is 0 Å². The van der Waals surface area contributed by atoms with Crippen LogP contribution in [0.25, 0.3) is 29.4 Å². The predicted octanol–water partition coefficient (Wildman–Crippen LogP) is 1.52. The molecular formula is C20H23KN4O2. The molecule has 0 unspecified atom stereocenters. The molecule has 0 saturated heterocycles. The summed E-state index contributed by atoms with van der Waals surface area (Å²) in [5, 5.41) is 18.4. The molecule has 0 radical (unpaired) electrons. The summed E-state index contributed by atoms with van der Waals surface area (Å²) in [5.74, 6) is -0.157. The summed E-state index contributed by atoms with van der Waals surface area (Å²) in [6.45, 7) is 14.4. The number of hydrogen-bond acceptors (Lipinski definition) is 5. The Labute approximate surface area is 202 Å². The third-order valence-corrected chi connectivity index (χ3v) is 3.35. The molecule has 6 nitrogen and oxygen atoms in total. The van der Waals surface area contributed by atoms with E-state index < -0.39 is 0 Å². The molecule has 27 heavy (non-hydrogen) atoms. The fourth-order valence-corrected chi connectivity index (χ4v) is 2.02. The van der Waals surface area contributed by atoms with Crippen LogP contribution in [0.5, 0.6) is 0 Å². The van der Waals surface area contributed by atoms with Crippen molar-refractivity contribution < 1.29 is 61.6 Å². The van der Waals surface area contributed by atoms with Crippen molar-refractivity contribution in [1.82, 2.24) is 9.97 Å². The van der Waals surface area contributed by atoms with E-state index in [1.165, 1.54) is 0 Å². The van der Waals surface area contributed by atoms with Crippen molar-refractivity contribution in [1.29, 1.82) is 0 Å². The first-order valence-electron chi connectivity index (χ1n) is 7.73. The zero-order chi connectivity index (χ0) is 19.7. The Kier molecular flexibility index (Phi) is 12.0. The first-order chi connectivity index (χ1) is 12.4. The van der Waals surface area contributed by atoms with Gasteiger partial charge in [-0.1, -0.05) is 50.6 Å². The number of aliphatic hydroxyl groups excluding tert-OH is 2. The monoisotopic (exact) mass is 390 g/mol. The Morgan fingerprint density at radius 2 is 1.33 bits per heavy atom. The zero-order valence-electron chi connectivity index (χ0n) is 15.6. The van der Waals surface area contributed by atoms with Crippen LogP contribution in [-0.4, -0.2) is 20.2 Å². The summed E-state index contributed by atoms with van der Waals surface area (Å²) >= 11 is 0. The van der Waals surface area contributed by atoms with Crippen LogP contribution >= 0.6 is 0 Å². The van der Waals surface area contributed by atoms with Gasteiger partial charge in [0.05, 0.1) is 5.69 Å². The molecule has 0 aromatic carbocycles. The Balaban J connectivity index is 0.000000483. The summed E-state index contributed by atoms with van der Waals surface area (Å²) in [6, 6.07) is 7.10. The van der Waals surface area contributed by atoms with Gasteiger partial charge in [-0.3, -0.25) is 4.98 Å². The molecule has 0 atom stereocenters. The van der Waals surface area contributed by atoms with Crippen LogP contribution in [0.15, 0.2) is 50.6 Å². The van der Waals surface area contributed by atoms with Gasteiger partial charge >= 0.3 is 51.4 Å². The van der Waals surface area contributed by atoms with E-state index in [9.17, 15) is 10.2 Å². The SMILES string of the molecule is C=Cc1ccc(CN)nc1C(=C)O.C=Cc1ccc(C[NH-])nc1C(=C)O.[K+]. The van der Waals surface area contributed by atoms with Crippen LogP contribution in [0, 0.1) is 0 Å². The molecule has 2 heterocycles. The third-order valence-electron chi connectivity index (χ3n) is 3.35. The molecule has 0 amide bonds. The fourth-order valence-electron chi connectivity index (χ4n) is 2.02. The van der Waals surface area contributed by atoms with E-state index in [0.717, 1.165) is 16.8 Å². The quantitative estimate of drug-likeness (QED) is 0.511. The molecule has 0 spiro atoms. The number of rotatable bonds is 6. The van der Waals surface area contributed by atoms with Gasteiger partial charge in [0.25, 0.3) is 0 Å². The van der Waals surface area contributed by atoms with E-state index in [1.807, 2.05) is 0 Å². The first-order valence-corrected chi connectivity index (χ1v) is 7.73. The van der Waals surface area contributed by atoms with E-state index in [1.54, 1.807) is 36.4 Å². The van der Waals surface area contributed by atoms with Crippen molar-refractivity contribution in [3.63, 3.8) is 0 Å². The topological polar surface area (TPSA) is 116 Å². The minimum atomic E-state index is -0.0924. The summed E-state index contributed by atoms with van der Waals surface area (Å²) in [4.78, 5) is 8.17. The molecular weight excluding hydrogens is 367 g/mol. The number of hydrogen-bond donors (Lipinski definition) is 3. The maximum absolute atomic E-state index is 9.21. The van der Waals surface area contributed by atoms with Crippen LogP contribution in [-0.2, 0) is 13.1 Å². The second-order valence-corrected chi connectivity index (χ2v) is 5.16. The maximum Gasteiger partial charge on any atom is 1.00 e. The number of pyridine rings is 2. The minimum Gasteiger partial charge on any atom is -0.672 e. The molecule has 0 aliphatic heterocycles. The Morgan fingerprint density at radius 1 is 0.926 bits per heavy atom. The van der Waals surface area contributed by atoms with Crippen LogP contribution in [0.4, 0.5) is 0 Å². The molecule has 0 bridgehead atoms. The van der Waals surface area contributed by atoms with Crippen molar-refractivity contribution >= 4 is 23.7 Å². The average Bonchev–Trinajstić information content (AvgIpc) is 2.67. The van der Waals surface area contributed by atoms with Gasteiger partial charge in [-0.05, 0) is 12.1 Å².